The van der Waals surface area contributed by atoms with Gasteiger partial charge in [0.1, 0.15) is 0 Å². The molecule has 2 aromatic rings. The van der Waals surface area contributed by atoms with Crippen molar-refractivity contribution in [3.63, 3.8) is 0 Å². The summed E-state index contributed by atoms with van der Waals surface area (Å²) in [6.07, 6.45) is 4.02. The second-order valence-corrected chi connectivity index (χ2v) is 8.55. The number of nitrogens with one attached hydrogen (secondary N) is 1. The van der Waals surface area contributed by atoms with E-state index in [0.29, 0.717) is 35.2 Å². The molecule has 0 bridgehead atoms. The maximum absolute atomic E-state index is 12.7. The first-order valence-corrected chi connectivity index (χ1v) is 10.7. The first-order valence-electron chi connectivity index (χ1n) is 10.3. The minimum atomic E-state index is -0.0286. The number of amides is 2. The molecule has 1 saturated carbocycles. The van der Waals surface area contributed by atoms with Gasteiger partial charge in [0.05, 0.1) is 11.3 Å². The molecule has 0 unspecified atom stereocenters. The molecular formula is C23H26ClN3O2. The summed E-state index contributed by atoms with van der Waals surface area (Å²) in [5.41, 5.74) is 3.12. The number of nitrogens with zero attached hydrogens (tertiary/aromatic N) is 2. The molecule has 29 heavy (non-hydrogen) atoms. The maximum Gasteiger partial charge on any atom is 0.253 e. The second kappa shape index (κ2) is 8.54. The summed E-state index contributed by atoms with van der Waals surface area (Å²) < 4.78 is 0. The molecule has 5 nitrogen and oxygen atoms in total. The van der Waals surface area contributed by atoms with Gasteiger partial charge in [0, 0.05) is 41.8 Å². The quantitative estimate of drug-likeness (QED) is 0.801. The predicted molar refractivity (Wildman–Crippen MR) is 113 cm³/mol. The molecule has 2 aliphatic rings. The number of halogens is 1. The van der Waals surface area contributed by atoms with Crippen molar-refractivity contribution in [1.29, 1.82) is 0 Å². The average molecular weight is 412 g/mol. The highest BCUT2D eigenvalue weighted by molar-refractivity contribution is 6.30. The van der Waals surface area contributed by atoms with Crippen molar-refractivity contribution in [3.8, 4) is 0 Å². The Morgan fingerprint density at radius 3 is 2.41 bits per heavy atom. The highest BCUT2D eigenvalue weighted by atomic mass is 35.5. The number of carbonyl (C=O) groups is 2. The van der Waals surface area contributed by atoms with Crippen LogP contribution in [0.4, 0.5) is 0 Å². The molecule has 152 valence electrons. The van der Waals surface area contributed by atoms with Crippen LogP contribution in [0.15, 0.2) is 36.4 Å². The zero-order chi connectivity index (χ0) is 20.4. The number of aryl methyl sites for hydroxylation is 1. The smallest absolute Gasteiger partial charge is 0.253 e. The minimum absolute atomic E-state index is 0.0275. The van der Waals surface area contributed by atoms with Crippen molar-refractivity contribution in [2.45, 2.75) is 38.5 Å². The lowest BCUT2D eigenvalue weighted by atomic mass is 9.89. The molecule has 6 heteroatoms. The van der Waals surface area contributed by atoms with Crippen LogP contribution in [0.5, 0.6) is 0 Å². The van der Waals surface area contributed by atoms with Crippen molar-refractivity contribution in [1.82, 2.24) is 15.2 Å². The Morgan fingerprint density at radius 1 is 1.07 bits per heavy atom. The Hall–Kier alpha value is -2.40. The maximum atomic E-state index is 12.7. The zero-order valence-corrected chi connectivity index (χ0v) is 17.4. The van der Waals surface area contributed by atoms with Crippen molar-refractivity contribution in [3.05, 3.63) is 63.9 Å². The molecule has 0 radical (unpaired) electrons. The molecule has 1 N–H and O–H groups in total. The fourth-order valence-corrected chi connectivity index (χ4v) is 3.99. The molecule has 0 atom stereocenters. The van der Waals surface area contributed by atoms with E-state index >= 15 is 0 Å². The van der Waals surface area contributed by atoms with E-state index in [1.165, 1.54) is 12.8 Å². The Morgan fingerprint density at radius 2 is 1.76 bits per heavy atom. The van der Waals surface area contributed by atoms with Gasteiger partial charge in [-0.25, -0.2) is 0 Å². The van der Waals surface area contributed by atoms with Gasteiger partial charge >= 0.3 is 0 Å². The van der Waals surface area contributed by atoms with Gasteiger partial charge in [-0.1, -0.05) is 11.6 Å². The third-order valence-corrected chi connectivity index (χ3v) is 6.07. The van der Waals surface area contributed by atoms with Gasteiger partial charge in [-0.3, -0.25) is 14.6 Å². The molecule has 1 aromatic heterocycles. The molecule has 1 aliphatic carbocycles. The molecule has 4 rings (SSSR count). The molecule has 2 fully saturated rings. The van der Waals surface area contributed by atoms with Gasteiger partial charge < -0.3 is 10.2 Å². The first-order chi connectivity index (χ1) is 14.0. The monoisotopic (exact) mass is 411 g/mol. The third-order valence-electron chi connectivity index (χ3n) is 5.82. The van der Waals surface area contributed by atoms with E-state index in [0.717, 1.165) is 30.8 Å². The van der Waals surface area contributed by atoms with Crippen LogP contribution in [0.1, 0.15) is 63.7 Å². The van der Waals surface area contributed by atoms with E-state index in [9.17, 15) is 9.59 Å². The van der Waals surface area contributed by atoms with Crippen LogP contribution < -0.4 is 5.32 Å². The number of benzene rings is 1. The van der Waals surface area contributed by atoms with Crippen LogP contribution in [0, 0.1) is 12.8 Å². The Kier molecular flexibility index (Phi) is 5.86. The minimum Gasteiger partial charge on any atom is -0.352 e. The normalized spacial score (nSPS) is 17.2. The van der Waals surface area contributed by atoms with E-state index in [-0.39, 0.29) is 17.7 Å². The lowest BCUT2D eigenvalue weighted by Crippen LogP contribution is -2.38. The van der Waals surface area contributed by atoms with Gasteiger partial charge in [0.15, 0.2) is 0 Å². The van der Waals surface area contributed by atoms with Gasteiger partial charge in [0.25, 0.3) is 11.8 Å². The summed E-state index contributed by atoms with van der Waals surface area (Å²) in [6.45, 7) is 4.02. The molecule has 2 amide bonds. The Labute approximate surface area is 176 Å². The molecule has 1 aliphatic heterocycles. The summed E-state index contributed by atoms with van der Waals surface area (Å²) in [5.74, 6) is 0.826. The van der Waals surface area contributed by atoms with E-state index in [2.05, 4.69) is 5.32 Å². The fourth-order valence-electron chi connectivity index (χ4n) is 3.87. The standard InChI is InChI=1S/C23H26ClN3O2/c1-15-2-9-20(22(28)25-14-16-3-4-16)21(26-15)17-10-12-27(13-11-17)23(29)18-5-7-19(24)8-6-18/h2,5-9,16-17H,3-4,10-14H2,1H3,(H,25,28). The fraction of sp³-hybridized carbons (Fsp3) is 0.435. The van der Waals surface area contributed by atoms with Crippen molar-refractivity contribution < 1.29 is 9.59 Å². The molecule has 2 heterocycles. The summed E-state index contributed by atoms with van der Waals surface area (Å²) in [4.78, 5) is 32.0. The first kappa shape index (κ1) is 19.9. The summed E-state index contributed by atoms with van der Waals surface area (Å²) in [7, 11) is 0. The number of hydrogen-bond donors (Lipinski definition) is 1. The third kappa shape index (κ3) is 4.78. The number of likely N-dealkylation sites (tertiary alicyclic amines) is 1. The number of piperidine rings is 1. The van der Waals surface area contributed by atoms with Crippen LogP contribution in [0.3, 0.4) is 0 Å². The van der Waals surface area contributed by atoms with Crippen LogP contribution in [-0.2, 0) is 0 Å². The SMILES string of the molecule is Cc1ccc(C(=O)NCC2CC2)c(C2CCN(C(=O)c3ccc(Cl)cc3)CC2)n1. The number of aromatic nitrogens is 1. The van der Waals surface area contributed by atoms with E-state index in [1.807, 2.05) is 24.0 Å². The van der Waals surface area contributed by atoms with Crippen molar-refractivity contribution >= 4 is 23.4 Å². The van der Waals surface area contributed by atoms with Gasteiger partial charge in [-0.2, -0.15) is 0 Å². The summed E-state index contributed by atoms with van der Waals surface area (Å²) >= 11 is 5.92. The number of pyridine rings is 1. The lowest BCUT2D eigenvalue weighted by Gasteiger charge is -2.32. The predicted octanol–water partition coefficient (Wildman–Crippen LogP) is 4.20. The Bertz CT molecular complexity index is 901. The van der Waals surface area contributed by atoms with E-state index in [1.54, 1.807) is 24.3 Å². The highest BCUT2D eigenvalue weighted by Gasteiger charge is 2.29. The zero-order valence-electron chi connectivity index (χ0n) is 16.7. The molecule has 0 spiro atoms. The molecule has 1 saturated heterocycles. The van der Waals surface area contributed by atoms with Gasteiger partial charge in [-0.15, -0.1) is 0 Å². The topological polar surface area (TPSA) is 62.3 Å². The number of carbonyl (C=O) groups excluding carboxylic acids is 2. The van der Waals surface area contributed by atoms with E-state index < -0.39 is 0 Å². The van der Waals surface area contributed by atoms with Crippen LogP contribution in [0.25, 0.3) is 0 Å². The number of hydrogen-bond acceptors (Lipinski definition) is 3. The average Bonchev–Trinajstić information content (AvgIpc) is 3.57. The second-order valence-electron chi connectivity index (χ2n) is 8.11. The van der Waals surface area contributed by atoms with Crippen molar-refractivity contribution in [2.75, 3.05) is 19.6 Å². The summed E-state index contributed by atoms with van der Waals surface area (Å²) in [6, 6.07) is 10.8. The Balaban J connectivity index is 1.43. The van der Waals surface area contributed by atoms with Crippen LogP contribution in [0.2, 0.25) is 5.02 Å². The largest absolute Gasteiger partial charge is 0.352 e. The van der Waals surface area contributed by atoms with Crippen LogP contribution in [-0.4, -0.2) is 41.3 Å². The highest BCUT2D eigenvalue weighted by Crippen LogP contribution is 2.31. The van der Waals surface area contributed by atoms with E-state index in [4.69, 9.17) is 16.6 Å². The summed E-state index contributed by atoms with van der Waals surface area (Å²) in [5, 5.41) is 3.68. The van der Waals surface area contributed by atoms with Gasteiger partial charge in [-0.05, 0) is 74.9 Å². The lowest BCUT2D eigenvalue weighted by molar-refractivity contribution is 0.0710. The number of rotatable bonds is 5. The molecular weight excluding hydrogens is 386 g/mol. The molecule has 1 aromatic carbocycles. The van der Waals surface area contributed by atoms with Crippen molar-refractivity contribution in [2.24, 2.45) is 5.92 Å². The van der Waals surface area contributed by atoms with Gasteiger partial charge in [0.2, 0.25) is 0 Å². The van der Waals surface area contributed by atoms with Crippen LogP contribution >= 0.6 is 11.6 Å².